The molecule has 4 nitrogen and oxygen atoms in total. The summed E-state index contributed by atoms with van der Waals surface area (Å²) in [5.74, 6) is 0. The number of benzene rings is 1. The van der Waals surface area contributed by atoms with Crippen molar-refractivity contribution in [2.45, 2.75) is 13.1 Å². The standard InChI is InChI=1S/C12H15N3O/c1-2-7-14-10-5-3-4-6-11(10)15(8-9-16)12(14)13/h2-6,13,16H,1,7-9H2. The second-order valence-electron chi connectivity index (χ2n) is 3.59. The summed E-state index contributed by atoms with van der Waals surface area (Å²) in [6, 6.07) is 7.83. The molecule has 2 aromatic rings. The van der Waals surface area contributed by atoms with Gasteiger partial charge in [-0.2, -0.15) is 0 Å². The number of imidazole rings is 1. The van der Waals surface area contributed by atoms with Gasteiger partial charge in [-0.05, 0) is 12.1 Å². The fourth-order valence-corrected chi connectivity index (χ4v) is 1.93. The van der Waals surface area contributed by atoms with Crippen molar-refractivity contribution in [1.29, 1.82) is 5.41 Å². The quantitative estimate of drug-likeness (QED) is 0.740. The summed E-state index contributed by atoms with van der Waals surface area (Å²) in [5.41, 5.74) is 2.37. The lowest BCUT2D eigenvalue weighted by atomic mass is 10.3. The van der Waals surface area contributed by atoms with E-state index < -0.39 is 0 Å². The van der Waals surface area contributed by atoms with Crippen LogP contribution in [0.3, 0.4) is 0 Å². The molecule has 1 aromatic heterocycles. The van der Waals surface area contributed by atoms with Crippen LogP contribution >= 0.6 is 0 Å². The SMILES string of the molecule is C=CCn1c(=N)n(CCO)c2ccccc21. The summed E-state index contributed by atoms with van der Waals surface area (Å²) in [6.07, 6.45) is 1.77. The average molecular weight is 217 g/mol. The van der Waals surface area contributed by atoms with E-state index in [1.54, 1.807) is 10.6 Å². The molecule has 2 N–H and O–H groups in total. The summed E-state index contributed by atoms with van der Waals surface area (Å²) < 4.78 is 3.68. The number of allylic oxidation sites excluding steroid dienone is 1. The molecule has 16 heavy (non-hydrogen) atoms. The van der Waals surface area contributed by atoms with Gasteiger partial charge in [0, 0.05) is 13.1 Å². The number of aliphatic hydroxyl groups is 1. The first-order chi connectivity index (χ1) is 7.79. The van der Waals surface area contributed by atoms with Gasteiger partial charge in [0.05, 0.1) is 17.6 Å². The van der Waals surface area contributed by atoms with Crippen molar-refractivity contribution in [3.8, 4) is 0 Å². The van der Waals surface area contributed by atoms with Crippen LogP contribution in [-0.4, -0.2) is 20.8 Å². The number of hydrogen-bond acceptors (Lipinski definition) is 2. The number of nitrogens with zero attached hydrogens (tertiary/aromatic N) is 2. The molecule has 0 saturated carbocycles. The van der Waals surface area contributed by atoms with E-state index in [2.05, 4.69) is 6.58 Å². The lowest BCUT2D eigenvalue weighted by Gasteiger charge is -2.00. The van der Waals surface area contributed by atoms with Gasteiger partial charge in [0.1, 0.15) is 0 Å². The number of para-hydroxylation sites is 2. The third kappa shape index (κ3) is 1.57. The minimum absolute atomic E-state index is 0.0403. The Hall–Kier alpha value is -1.81. The Kier molecular flexibility index (Phi) is 2.92. The van der Waals surface area contributed by atoms with E-state index >= 15 is 0 Å². The van der Waals surface area contributed by atoms with E-state index in [-0.39, 0.29) is 6.61 Å². The normalized spacial score (nSPS) is 10.8. The lowest BCUT2D eigenvalue weighted by molar-refractivity contribution is 0.274. The van der Waals surface area contributed by atoms with Crippen LogP contribution in [0.2, 0.25) is 0 Å². The highest BCUT2D eigenvalue weighted by molar-refractivity contribution is 5.75. The number of nitrogens with one attached hydrogen (secondary N) is 1. The Bertz CT molecular complexity index is 565. The van der Waals surface area contributed by atoms with Crippen LogP contribution in [0.15, 0.2) is 36.9 Å². The fraction of sp³-hybridized carbons (Fsp3) is 0.250. The van der Waals surface area contributed by atoms with Gasteiger partial charge in [-0.1, -0.05) is 18.2 Å². The molecule has 0 unspecified atom stereocenters. The van der Waals surface area contributed by atoms with Crippen LogP contribution in [0.4, 0.5) is 0 Å². The van der Waals surface area contributed by atoms with Crippen molar-refractivity contribution >= 4 is 11.0 Å². The minimum atomic E-state index is 0.0403. The van der Waals surface area contributed by atoms with Crippen LogP contribution in [0.1, 0.15) is 0 Å². The summed E-state index contributed by atoms with van der Waals surface area (Å²) in [5, 5.41) is 17.1. The molecular weight excluding hydrogens is 202 g/mol. The maximum absolute atomic E-state index is 9.01. The summed E-state index contributed by atoms with van der Waals surface area (Å²) >= 11 is 0. The highest BCUT2D eigenvalue weighted by Crippen LogP contribution is 2.12. The molecule has 1 heterocycles. The van der Waals surface area contributed by atoms with E-state index in [9.17, 15) is 0 Å². The maximum atomic E-state index is 9.01. The van der Waals surface area contributed by atoms with Gasteiger partial charge >= 0.3 is 0 Å². The Morgan fingerprint density at radius 3 is 2.44 bits per heavy atom. The highest BCUT2D eigenvalue weighted by atomic mass is 16.3. The van der Waals surface area contributed by atoms with Crippen molar-refractivity contribution in [2.24, 2.45) is 0 Å². The molecule has 0 aliphatic carbocycles. The van der Waals surface area contributed by atoms with Gasteiger partial charge < -0.3 is 14.2 Å². The zero-order valence-corrected chi connectivity index (χ0v) is 9.06. The van der Waals surface area contributed by atoms with Gasteiger partial charge in [0.2, 0.25) is 5.62 Å². The molecule has 0 bridgehead atoms. The molecule has 1 aromatic carbocycles. The van der Waals surface area contributed by atoms with Gasteiger partial charge in [-0.3, -0.25) is 5.41 Å². The van der Waals surface area contributed by atoms with E-state index in [0.29, 0.717) is 18.7 Å². The van der Waals surface area contributed by atoms with Crippen LogP contribution < -0.4 is 5.62 Å². The predicted molar refractivity (Wildman–Crippen MR) is 63.1 cm³/mol. The van der Waals surface area contributed by atoms with E-state index in [0.717, 1.165) is 11.0 Å². The summed E-state index contributed by atoms with van der Waals surface area (Å²) in [6.45, 7) is 4.79. The molecular formula is C12H15N3O. The van der Waals surface area contributed by atoms with Crippen LogP contribution in [0.25, 0.3) is 11.0 Å². The maximum Gasteiger partial charge on any atom is 0.203 e. The van der Waals surface area contributed by atoms with Crippen LogP contribution in [0.5, 0.6) is 0 Å². The van der Waals surface area contributed by atoms with Crippen molar-refractivity contribution in [3.63, 3.8) is 0 Å². The molecule has 0 radical (unpaired) electrons. The topological polar surface area (TPSA) is 53.9 Å². The fourth-order valence-electron chi connectivity index (χ4n) is 1.93. The second-order valence-corrected chi connectivity index (χ2v) is 3.59. The van der Waals surface area contributed by atoms with Gasteiger partial charge in [0.15, 0.2) is 0 Å². The van der Waals surface area contributed by atoms with Crippen LogP contribution in [-0.2, 0) is 13.1 Å². The number of fused-ring (bicyclic) bond motifs is 1. The van der Waals surface area contributed by atoms with Crippen molar-refractivity contribution in [2.75, 3.05) is 6.61 Å². The number of hydrogen-bond donors (Lipinski definition) is 2. The summed E-state index contributed by atoms with van der Waals surface area (Å²) in [4.78, 5) is 0. The second kappa shape index (κ2) is 4.37. The molecule has 0 saturated heterocycles. The Balaban J connectivity index is 2.74. The van der Waals surface area contributed by atoms with E-state index in [1.807, 2.05) is 28.8 Å². The first-order valence-corrected chi connectivity index (χ1v) is 5.24. The molecule has 0 amide bonds. The van der Waals surface area contributed by atoms with Crippen molar-refractivity contribution in [3.05, 3.63) is 42.5 Å². The Morgan fingerprint density at radius 2 is 1.88 bits per heavy atom. The monoisotopic (exact) mass is 217 g/mol. The highest BCUT2D eigenvalue weighted by Gasteiger charge is 2.08. The molecule has 2 rings (SSSR count). The zero-order valence-electron chi connectivity index (χ0n) is 9.06. The molecule has 0 aliphatic heterocycles. The number of rotatable bonds is 4. The average Bonchev–Trinajstić information content (AvgIpc) is 2.56. The molecule has 0 atom stereocenters. The third-order valence-corrected chi connectivity index (χ3v) is 2.61. The molecule has 84 valence electrons. The zero-order chi connectivity index (χ0) is 11.5. The number of aliphatic hydroxyl groups excluding tert-OH is 1. The molecule has 0 aliphatic rings. The molecule has 0 spiro atoms. The Morgan fingerprint density at radius 1 is 1.25 bits per heavy atom. The third-order valence-electron chi connectivity index (χ3n) is 2.61. The van der Waals surface area contributed by atoms with Crippen LogP contribution in [0, 0.1) is 5.41 Å². The van der Waals surface area contributed by atoms with Crippen molar-refractivity contribution in [1.82, 2.24) is 9.13 Å². The largest absolute Gasteiger partial charge is 0.395 e. The van der Waals surface area contributed by atoms with Gasteiger partial charge in [-0.15, -0.1) is 6.58 Å². The first kappa shape index (κ1) is 10.7. The smallest absolute Gasteiger partial charge is 0.203 e. The summed E-state index contributed by atoms with van der Waals surface area (Å²) in [7, 11) is 0. The first-order valence-electron chi connectivity index (χ1n) is 5.24. The Labute approximate surface area is 93.6 Å². The molecule has 0 fully saturated rings. The molecule has 4 heteroatoms. The van der Waals surface area contributed by atoms with E-state index in [4.69, 9.17) is 10.5 Å². The number of aromatic nitrogens is 2. The van der Waals surface area contributed by atoms with Gasteiger partial charge in [-0.25, -0.2) is 0 Å². The minimum Gasteiger partial charge on any atom is -0.395 e. The van der Waals surface area contributed by atoms with Gasteiger partial charge in [0.25, 0.3) is 0 Å². The predicted octanol–water partition coefficient (Wildman–Crippen LogP) is 1.10. The van der Waals surface area contributed by atoms with E-state index in [1.165, 1.54) is 0 Å². The lowest BCUT2D eigenvalue weighted by Crippen LogP contribution is -2.25. The van der Waals surface area contributed by atoms with Crippen molar-refractivity contribution < 1.29 is 5.11 Å².